The molecule has 1 aromatic carbocycles. The molecule has 1 unspecified atom stereocenters. The van der Waals surface area contributed by atoms with Crippen molar-refractivity contribution in [1.82, 2.24) is 4.90 Å². The Balaban J connectivity index is 2.21. The molecule has 0 bridgehead atoms. The summed E-state index contributed by atoms with van der Waals surface area (Å²) in [5.74, 6) is 0.920. The summed E-state index contributed by atoms with van der Waals surface area (Å²) in [4.78, 5) is 2.55. The van der Waals surface area contributed by atoms with E-state index in [-0.39, 0.29) is 0 Å². The van der Waals surface area contributed by atoms with E-state index in [1.165, 1.54) is 36.1 Å². The summed E-state index contributed by atoms with van der Waals surface area (Å²) in [5, 5.41) is 0. The van der Waals surface area contributed by atoms with Crippen molar-refractivity contribution in [1.29, 1.82) is 0 Å². The van der Waals surface area contributed by atoms with E-state index in [1.54, 1.807) is 0 Å². The van der Waals surface area contributed by atoms with Gasteiger partial charge in [0.25, 0.3) is 0 Å². The highest BCUT2D eigenvalue weighted by Gasteiger charge is 2.28. The van der Waals surface area contributed by atoms with Crippen LogP contribution in [-0.2, 0) is 0 Å². The third-order valence-corrected chi connectivity index (χ3v) is 4.05. The van der Waals surface area contributed by atoms with Gasteiger partial charge in [-0.1, -0.05) is 30.7 Å². The van der Waals surface area contributed by atoms with Gasteiger partial charge in [-0.15, -0.1) is 0 Å². The molecule has 0 amide bonds. The Morgan fingerprint density at radius 1 is 1.33 bits per heavy atom. The first-order valence-corrected chi connectivity index (χ1v) is 7.17. The van der Waals surface area contributed by atoms with Gasteiger partial charge in [0, 0.05) is 19.1 Å². The quantitative estimate of drug-likeness (QED) is 0.836. The van der Waals surface area contributed by atoms with Gasteiger partial charge in [-0.05, 0) is 50.3 Å². The maximum Gasteiger partial charge on any atom is 0.0473 e. The lowest BCUT2D eigenvalue weighted by Gasteiger charge is -2.31. The molecule has 0 heterocycles. The molecule has 0 radical (unpaired) electrons. The minimum atomic E-state index is 0.385. The highest BCUT2D eigenvalue weighted by atomic mass is 15.2. The van der Waals surface area contributed by atoms with E-state index in [9.17, 15) is 0 Å². The molecule has 2 heteroatoms. The first-order chi connectivity index (χ1) is 8.65. The van der Waals surface area contributed by atoms with Crippen molar-refractivity contribution < 1.29 is 0 Å². The minimum absolute atomic E-state index is 0.385. The van der Waals surface area contributed by atoms with Crippen LogP contribution in [0.5, 0.6) is 0 Å². The van der Waals surface area contributed by atoms with Crippen molar-refractivity contribution in [3.05, 3.63) is 34.9 Å². The highest BCUT2D eigenvalue weighted by Crippen LogP contribution is 2.33. The van der Waals surface area contributed by atoms with Crippen LogP contribution < -0.4 is 5.73 Å². The Labute approximate surface area is 111 Å². The van der Waals surface area contributed by atoms with Gasteiger partial charge < -0.3 is 5.73 Å². The molecule has 100 valence electrons. The van der Waals surface area contributed by atoms with E-state index in [1.807, 2.05) is 0 Å². The number of rotatable bonds is 6. The van der Waals surface area contributed by atoms with Gasteiger partial charge in [0.05, 0.1) is 0 Å². The average molecular weight is 246 g/mol. The molecule has 0 aliphatic heterocycles. The Hall–Kier alpha value is -0.860. The molecule has 1 fully saturated rings. The Bertz CT molecular complexity index is 396. The lowest BCUT2D eigenvalue weighted by molar-refractivity contribution is 0.203. The summed E-state index contributed by atoms with van der Waals surface area (Å²) < 4.78 is 0. The van der Waals surface area contributed by atoms with E-state index < -0.39 is 0 Å². The van der Waals surface area contributed by atoms with Crippen LogP contribution >= 0.6 is 0 Å². The standard InChI is InChI=1S/C16H26N2/c1-4-18(11-14-7-8-14)16(10-17)15-9-12(2)5-6-13(15)3/h5-6,9,14,16H,4,7-8,10-11,17H2,1-3H3. The lowest BCUT2D eigenvalue weighted by atomic mass is 9.97. The molecule has 2 rings (SSSR count). The summed E-state index contributed by atoms with van der Waals surface area (Å²) in [7, 11) is 0. The average Bonchev–Trinajstić information content (AvgIpc) is 3.17. The first-order valence-electron chi connectivity index (χ1n) is 7.17. The first kappa shape index (κ1) is 13.6. The smallest absolute Gasteiger partial charge is 0.0473 e. The summed E-state index contributed by atoms with van der Waals surface area (Å²) in [5.41, 5.74) is 10.2. The van der Waals surface area contributed by atoms with Gasteiger partial charge in [-0.2, -0.15) is 0 Å². The number of nitrogens with zero attached hydrogens (tertiary/aromatic N) is 1. The summed E-state index contributed by atoms with van der Waals surface area (Å²) in [6, 6.07) is 7.10. The number of benzene rings is 1. The van der Waals surface area contributed by atoms with E-state index in [2.05, 4.69) is 43.9 Å². The van der Waals surface area contributed by atoms with Crippen molar-refractivity contribution >= 4 is 0 Å². The predicted octanol–water partition coefficient (Wildman–Crippen LogP) is 3.04. The van der Waals surface area contributed by atoms with Gasteiger partial charge in [-0.25, -0.2) is 0 Å². The summed E-state index contributed by atoms with van der Waals surface area (Å²) >= 11 is 0. The van der Waals surface area contributed by atoms with Crippen LogP contribution in [0.3, 0.4) is 0 Å². The molecule has 1 atom stereocenters. The predicted molar refractivity (Wildman–Crippen MR) is 77.7 cm³/mol. The van der Waals surface area contributed by atoms with E-state index >= 15 is 0 Å². The Kier molecular flexibility index (Phi) is 4.41. The van der Waals surface area contributed by atoms with Gasteiger partial charge >= 0.3 is 0 Å². The molecule has 18 heavy (non-hydrogen) atoms. The zero-order valence-corrected chi connectivity index (χ0v) is 11.9. The summed E-state index contributed by atoms with van der Waals surface area (Å²) in [6.07, 6.45) is 2.81. The van der Waals surface area contributed by atoms with Gasteiger partial charge in [0.15, 0.2) is 0 Å². The molecule has 0 aromatic heterocycles. The molecular formula is C16H26N2. The number of nitrogens with two attached hydrogens (primary N) is 1. The molecule has 0 saturated heterocycles. The van der Waals surface area contributed by atoms with Gasteiger partial charge in [0.1, 0.15) is 0 Å². The fourth-order valence-corrected chi connectivity index (χ4v) is 2.70. The highest BCUT2D eigenvalue weighted by molar-refractivity contribution is 5.33. The van der Waals surface area contributed by atoms with Crippen LogP contribution in [0.1, 0.15) is 42.5 Å². The fourth-order valence-electron chi connectivity index (χ4n) is 2.70. The van der Waals surface area contributed by atoms with Gasteiger partial charge in [-0.3, -0.25) is 4.90 Å². The maximum absolute atomic E-state index is 6.05. The molecule has 2 nitrogen and oxygen atoms in total. The molecule has 1 aromatic rings. The van der Waals surface area contributed by atoms with Crippen LogP contribution in [-0.4, -0.2) is 24.5 Å². The third-order valence-electron chi connectivity index (χ3n) is 4.05. The zero-order chi connectivity index (χ0) is 13.1. The molecule has 1 aliphatic carbocycles. The molecule has 1 aliphatic rings. The van der Waals surface area contributed by atoms with E-state index in [4.69, 9.17) is 5.73 Å². The van der Waals surface area contributed by atoms with Crippen LogP contribution in [0.2, 0.25) is 0 Å². The number of hydrogen-bond acceptors (Lipinski definition) is 2. The Morgan fingerprint density at radius 3 is 2.61 bits per heavy atom. The topological polar surface area (TPSA) is 29.3 Å². The maximum atomic E-state index is 6.05. The monoisotopic (exact) mass is 246 g/mol. The SMILES string of the molecule is CCN(CC1CC1)C(CN)c1cc(C)ccc1C. The van der Waals surface area contributed by atoms with Gasteiger partial charge in [0.2, 0.25) is 0 Å². The van der Waals surface area contributed by atoms with Crippen LogP contribution in [0.4, 0.5) is 0 Å². The van der Waals surface area contributed by atoms with Crippen molar-refractivity contribution in [2.45, 2.75) is 39.7 Å². The number of likely N-dealkylation sites (N-methyl/N-ethyl adjacent to an activating group) is 1. The largest absolute Gasteiger partial charge is 0.329 e. The molecule has 1 saturated carbocycles. The van der Waals surface area contributed by atoms with E-state index in [0.29, 0.717) is 12.6 Å². The van der Waals surface area contributed by atoms with Crippen molar-refractivity contribution in [3.63, 3.8) is 0 Å². The molecular weight excluding hydrogens is 220 g/mol. The van der Waals surface area contributed by atoms with E-state index in [0.717, 1.165) is 12.5 Å². The van der Waals surface area contributed by atoms with Crippen molar-refractivity contribution in [2.24, 2.45) is 11.7 Å². The molecule has 0 spiro atoms. The number of hydrogen-bond donors (Lipinski definition) is 1. The third kappa shape index (κ3) is 3.12. The van der Waals surface area contributed by atoms with Crippen LogP contribution in [0, 0.1) is 19.8 Å². The molecule has 2 N–H and O–H groups in total. The second kappa shape index (κ2) is 5.85. The second-order valence-corrected chi connectivity index (χ2v) is 5.64. The zero-order valence-electron chi connectivity index (χ0n) is 11.9. The Morgan fingerprint density at radius 2 is 2.06 bits per heavy atom. The summed E-state index contributed by atoms with van der Waals surface area (Å²) in [6.45, 7) is 9.62. The van der Waals surface area contributed by atoms with Crippen molar-refractivity contribution in [3.8, 4) is 0 Å². The lowest BCUT2D eigenvalue weighted by Crippen LogP contribution is -2.35. The minimum Gasteiger partial charge on any atom is -0.329 e. The van der Waals surface area contributed by atoms with Crippen LogP contribution in [0.15, 0.2) is 18.2 Å². The van der Waals surface area contributed by atoms with Crippen molar-refractivity contribution in [2.75, 3.05) is 19.6 Å². The second-order valence-electron chi connectivity index (χ2n) is 5.64. The fraction of sp³-hybridized carbons (Fsp3) is 0.625. The normalized spacial score (nSPS) is 17.2. The number of aryl methyl sites for hydroxylation is 2. The van der Waals surface area contributed by atoms with Crippen LogP contribution in [0.25, 0.3) is 0 Å².